The van der Waals surface area contributed by atoms with Crippen molar-refractivity contribution >= 4 is 22.1 Å². The molecule has 0 bridgehead atoms. The van der Waals surface area contributed by atoms with Gasteiger partial charge in [0.05, 0.1) is 5.56 Å². The van der Waals surface area contributed by atoms with E-state index in [1.807, 2.05) is 12.1 Å². The molecule has 0 amide bonds. The van der Waals surface area contributed by atoms with E-state index in [2.05, 4.69) is 27.3 Å². The Labute approximate surface area is 117 Å². The van der Waals surface area contributed by atoms with E-state index in [-0.39, 0.29) is 12.2 Å². The second-order valence-electron chi connectivity index (χ2n) is 3.69. The van der Waals surface area contributed by atoms with Crippen molar-refractivity contribution in [2.75, 3.05) is 0 Å². The molecule has 19 heavy (non-hydrogen) atoms. The molecule has 2 aromatic carbocycles. The van der Waals surface area contributed by atoms with E-state index < -0.39 is 11.6 Å². The molecule has 0 atom stereocenters. The highest BCUT2D eigenvalue weighted by atomic mass is 79.9. The van der Waals surface area contributed by atoms with Crippen molar-refractivity contribution in [1.82, 2.24) is 0 Å². The van der Waals surface area contributed by atoms with Crippen LogP contribution in [0.25, 0.3) is 0 Å². The van der Waals surface area contributed by atoms with Crippen molar-refractivity contribution in [3.8, 4) is 0 Å². The fourth-order valence-electron chi connectivity index (χ4n) is 1.41. The highest BCUT2D eigenvalue weighted by Gasteiger charge is 2.08. The van der Waals surface area contributed by atoms with E-state index in [1.54, 1.807) is 12.1 Å². The van der Waals surface area contributed by atoms with E-state index in [9.17, 15) is 8.78 Å². The molecule has 0 aliphatic rings. The number of hydrogen-bond donors (Lipinski definition) is 0. The van der Waals surface area contributed by atoms with E-state index in [0.717, 1.165) is 4.47 Å². The minimum atomic E-state index is -0.655. The van der Waals surface area contributed by atoms with Gasteiger partial charge in [0.1, 0.15) is 24.5 Å². The Morgan fingerprint density at radius 2 is 1.79 bits per heavy atom. The maximum Gasteiger partial charge on any atom is 0.148 e. The van der Waals surface area contributed by atoms with Crippen molar-refractivity contribution in [2.45, 2.75) is 6.61 Å². The molecule has 0 saturated carbocycles. The van der Waals surface area contributed by atoms with Gasteiger partial charge in [0.15, 0.2) is 0 Å². The number of hydrogen-bond acceptors (Lipinski definition) is 2. The minimum Gasteiger partial charge on any atom is -0.390 e. The van der Waals surface area contributed by atoms with Crippen LogP contribution in [0.2, 0.25) is 0 Å². The molecular formula is C14H9BrF2NO. The first-order valence-corrected chi connectivity index (χ1v) is 6.22. The Bertz CT molecular complexity index is 581. The zero-order valence-electron chi connectivity index (χ0n) is 9.74. The molecule has 0 N–H and O–H groups in total. The summed E-state index contributed by atoms with van der Waals surface area (Å²) in [5.74, 6) is -1.31. The minimum absolute atomic E-state index is 0.151. The fraction of sp³-hybridized carbons (Fsp3) is 0.0714. The van der Waals surface area contributed by atoms with Gasteiger partial charge >= 0.3 is 0 Å². The first kappa shape index (κ1) is 13.7. The lowest BCUT2D eigenvalue weighted by Gasteiger charge is -2.02. The SMILES string of the molecule is Fc1cccc(F)c1CO/N=[C]\c1cccc(Br)c1. The zero-order valence-corrected chi connectivity index (χ0v) is 11.3. The number of benzene rings is 2. The van der Waals surface area contributed by atoms with Gasteiger partial charge < -0.3 is 4.84 Å². The molecule has 5 heteroatoms. The first-order valence-electron chi connectivity index (χ1n) is 5.43. The van der Waals surface area contributed by atoms with Crippen LogP contribution in [0.15, 0.2) is 52.1 Å². The molecule has 0 aliphatic carbocycles. The first-order chi connectivity index (χ1) is 9.16. The van der Waals surface area contributed by atoms with Crippen LogP contribution in [0.1, 0.15) is 11.1 Å². The van der Waals surface area contributed by atoms with Crippen LogP contribution >= 0.6 is 15.9 Å². The van der Waals surface area contributed by atoms with Crippen LogP contribution in [-0.4, -0.2) is 6.21 Å². The smallest absolute Gasteiger partial charge is 0.148 e. The average molecular weight is 325 g/mol. The third-order valence-corrected chi connectivity index (χ3v) is 2.83. The van der Waals surface area contributed by atoms with E-state index in [0.29, 0.717) is 5.56 Å². The summed E-state index contributed by atoms with van der Waals surface area (Å²) in [4.78, 5) is 4.84. The van der Waals surface area contributed by atoms with Crippen LogP contribution < -0.4 is 0 Å². The van der Waals surface area contributed by atoms with Crippen molar-refractivity contribution in [1.29, 1.82) is 0 Å². The molecule has 0 aliphatic heterocycles. The standard InChI is InChI=1S/C14H9BrF2NO/c15-11-4-1-3-10(7-11)8-18-19-9-12-13(16)5-2-6-14(12)17/h1-7H,9H2. The Balaban J connectivity index is 1.97. The highest BCUT2D eigenvalue weighted by Crippen LogP contribution is 2.13. The predicted octanol–water partition coefficient (Wildman–Crippen LogP) is 4.16. The van der Waals surface area contributed by atoms with Crippen molar-refractivity contribution in [3.63, 3.8) is 0 Å². The quantitative estimate of drug-likeness (QED) is 0.611. The van der Waals surface area contributed by atoms with Crippen molar-refractivity contribution in [3.05, 3.63) is 69.7 Å². The lowest BCUT2D eigenvalue weighted by atomic mass is 10.2. The summed E-state index contributed by atoms with van der Waals surface area (Å²) < 4.78 is 27.4. The van der Waals surface area contributed by atoms with Crippen LogP contribution in [0, 0.1) is 11.6 Å². The molecular weight excluding hydrogens is 316 g/mol. The molecule has 0 heterocycles. The Hall–Kier alpha value is -1.75. The van der Waals surface area contributed by atoms with Crippen LogP contribution in [0.5, 0.6) is 0 Å². The summed E-state index contributed by atoms with van der Waals surface area (Å²) in [7, 11) is 0. The van der Waals surface area contributed by atoms with E-state index >= 15 is 0 Å². The highest BCUT2D eigenvalue weighted by molar-refractivity contribution is 9.10. The zero-order chi connectivity index (χ0) is 13.7. The van der Waals surface area contributed by atoms with E-state index in [1.165, 1.54) is 18.2 Å². The lowest BCUT2D eigenvalue weighted by Crippen LogP contribution is -1.96. The average Bonchev–Trinajstić information content (AvgIpc) is 2.37. The number of halogens is 3. The number of nitrogens with zero attached hydrogens (tertiary/aromatic N) is 1. The van der Waals surface area contributed by atoms with Gasteiger partial charge in [0.2, 0.25) is 0 Å². The molecule has 0 aromatic heterocycles. The van der Waals surface area contributed by atoms with Crippen LogP contribution in [-0.2, 0) is 11.4 Å². The van der Waals surface area contributed by atoms with E-state index in [4.69, 9.17) is 4.84 Å². The lowest BCUT2D eigenvalue weighted by molar-refractivity contribution is 0.126. The van der Waals surface area contributed by atoms with Crippen LogP contribution in [0.3, 0.4) is 0 Å². The van der Waals surface area contributed by atoms with Gasteiger partial charge in [-0.15, -0.1) is 0 Å². The molecule has 2 aromatic rings. The van der Waals surface area contributed by atoms with Crippen LogP contribution in [0.4, 0.5) is 8.78 Å². The van der Waals surface area contributed by atoms with Gasteiger partial charge in [-0.05, 0) is 24.3 Å². The maximum atomic E-state index is 13.3. The molecule has 2 rings (SSSR count). The van der Waals surface area contributed by atoms with Gasteiger partial charge in [0.25, 0.3) is 0 Å². The summed E-state index contributed by atoms with van der Waals surface area (Å²) in [5, 5.41) is 3.56. The summed E-state index contributed by atoms with van der Waals surface area (Å²) in [6, 6.07) is 10.9. The molecule has 1 radical (unpaired) electrons. The van der Waals surface area contributed by atoms with Crippen molar-refractivity contribution < 1.29 is 13.6 Å². The molecule has 0 spiro atoms. The third kappa shape index (κ3) is 3.86. The summed E-state index contributed by atoms with van der Waals surface area (Å²) in [5.41, 5.74) is 0.547. The third-order valence-electron chi connectivity index (χ3n) is 2.33. The van der Waals surface area contributed by atoms with Gasteiger partial charge in [-0.25, -0.2) is 8.78 Å². The maximum absolute atomic E-state index is 13.3. The molecule has 0 unspecified atom stereocenters. The number of rotatable bonds is 4. The summed E-state index contributed by atoms with van der Waals surface area (Å²) in [6.45, 7) is -0.278. The normalized spacial score (nSPS) is 10.9. The van der Waals surface area contributed by atoms with Gasteiger partial charge in [-0.2, -0.15) is 0 Å². The van der Waals surface area contributed by atoms with Crippen molar-refractivity contribution in [2.24, 2.45) is 5.16 Å². The second-order valence-corrected chi connectivity index (χ2v) is 4.60. The Morgan fingerprint density at radius 1 is 1.11 bits per heavy atom. The Morgan fingerprint density at radius 3 is 2.47 bits per heavy atom. The molecule has 97 valence electrons. The molecule has 0 fully saturated rings. The Kier molecular flexibility index (Phi) is 4.63. The van der Waals surface area contributed by atoms with Gasteiger partial charge in [0, 0.05) is 10.0 Å². The molecule has 2 nitrogen and oxygen atoms in total. The summed E-state index contributed by atoms with van der Waals surface area (Å²) >= 11 is 3.31. The topological polar surface area (TPSA) is 21.6 Å². The second kappa shape index (κ2) is 6.43. The molecule has 0 saturated heterocycles. The van der Waals surface area contributed by atoms with Gasteiger partial charge in [-0.3, -0.25) is 0 Å². The summed E-state index contributed by atoms with van der Waals surface area (Å²) in [6.07, 6.45) is 2.62. The monoisotopic (exact) mass is 324 g/mol. The van der Waals surface area contributed by atoms with Gasteiger partial charge in [-0.1, -0.05) is 39.3 Å². The predicted molar refractivity (Wildman–Crippen MR) is 71.8 cm³/mol. The largest absolute Gasteiger partial charge is 0.390 e. The fourth-order valence-corrected chi connectivity index (χ4v) is 1.81.